The van der Waals surface area contributed by atoms with Gasteiger partial charge in [0.25, 0.3) is 5.91 Å². The lowest BCUT2D eigenvalue weighted by atomic mass is 9.78. The Morgan fingerprint density at radius 3 is 3.12 bits per heavy atom. The Balaban J connectivity index is 1.61. The number of anilines is 1. The van der Waals surface area contributed by atoms with E-state index in [0.29, 0.717) is 36.6 Å². The van der Waals surface area contributed by atoms with E-state index in [1.807, 2.05) is 18.2 Å². The lowest BCUT2D eigenvalue weighted by molar-refractivity contribution is 0.0937. The fourth-order valence-corrected chi connectivity index (χ4v) is 4.71. The number of rotatable bonds is 5. The van der Waals surface area contributed by atoms with E-state index in [0.717, 1.165) is 12.1 Å². The van der Waals surface area contributed by atoms with Crippen LogP contribution < -0.4 is 10.6 Å². The Hall–Kier alpha value is -2.11. The summed E-state index contributed by atoms with van der Waals surface area (Å²) in [7, 11) is 1.63. The van der Waals surface area contributed by atoms with E-state index in [4.69, 9.17) is 4.74 Å². The van der Waals surface area contributed by atoms with E-state index < -0.39 is 0 Å². The number of hydrogen-bond donors (Lipinski definition) is 2. The molecule has 4 nitrogen and oxygen atoms in total. The SMILES string of the molecule is COCCNC(=O)c1ccc2c(c1)C1C=CCC1C(c1cccs1)N2. The maximum Gasteiger partial charge on any atom is 0.251 e. The predicted molar refractivity (Wildman–Crippen MR) is 101 cm³/mol. The van der Waals surface area contributed by atoms with Crippen molar-refractivity contribution in [1.82, 2.24) is 5.32 Å². The van der Waals surface area contributed by atoms with Crippen LogP contribution in [0.2, 0.25) is 0 Å². The van der Waals surface area contributed by atoms with Gasteiger partial charge in [-0.2, -0.15) is 0 Å². The van der Waals surface area contributed by atoms with Crippen molar-refractivity contribution in [3.05, 3.63) is 63.9 Å². The lowest BCUT2D eigenvalue weighted by Gasteiger charge is -2.37. The number of thiophene rings is 1. The molecule has 25 heavy (non-hydrogen) atoms. The van der Waals surface area contributed by atoms with Crippen LogP contribution >= 0.6 is 11.3 Å². The number of methoxy groups -OCH3 is 1. The zero-order valence-corrected chi connectivity index (χ0v) is 15.0. The predicted octanol–water partition coefficient (Wildman–Crippen LogP) is 3.95. The molecule has 2 aromatic rings. The van der Waals surface area contributed by atoms with Gasteiger partial charge in [0.15, 0.2) is 0 Å². The highest BCUT2D eigenvalue weighted by atomic mass is 32.1. The highest BCUT2D eigenvalue weighted by Crippen LogP contribution is 2.50. The molecule has 1 aromatic carbocycles. The van der Waals surface area contributed by atoms with E-state index in [1.54, 1.807) is 18.4 Å². The first-order valence-corrected chi connectivity index (χ1v) is 9.53. The molecule has 1 aliphatic carbocycles. The summed E-state index contributed by atoms with van der Waals surface area (Å²) in [5, 5.41) is 8.74. The van der Waals surface area contributed by atoms with Crippen molar-refractivity contribution in [3.63, 3.8) is 0 Å². The molecule has 1 aromatic heterocycles. The monoisotopic (exact) mass is 354 g/mol. The summed E-state index contributed by atoms with van der Waals surface area (Å²) in [6, 6.07) is 10.7. The maximum absolute atomic E-state index is 12.3. The molecule has 3 unspecified atom stereocenters. The van der Waals surface area contributed by atoms with Crippen LogP contribution in [0.1, 0.15) is 39.2 Å². The minimum absolute atomic E-state index is 0.0428. The van der Waals surface area contributed by atoms with Crippen LogP contribution in [0.4, 0.5) is 5.69 Å². The number of allylic oxidation sites excluding steroid dienone is 2. The van der Waals surface area contributed by atoms with Gasteiger partial charge in [-0.1, -0.05) is 18.2 Å². The molecule has 0 spiro atoms. The maximum atomic E-state index is 12.3. The van der Waals surface area contributed by atoms with Crippen molar-refractivity contribution in [2.45, 2.75) is 18.4 Å². The first-order valence-electron chi connectivity index (χ1n) is 8.65. The fourth-order valence-electron chi connectivity index (χ4n) is 3.85. The first-order chi connectivity index (χ1) is 12.3. The zero-order valence-electron chi connectivity index (χ0n) is 14.2. The molecule has 2 heterocycles. The average Bonchev–Trinajstić information content (AvgIpc) is 3.32. The van der Waals surface area contributed by atoms with Crippen molar-refractivity contribution in [3.8, 4) is 0 Å². The van der Waals surface area contributed by atoms with Crippen molar-refractivity contribution < 1.29 is 9.53 Å². The van der Waals surface area contributed by atoms with E-state index in [2.05, 4.69) is 40.3 Å². The number of amides is 1. The fraction of sp³-hybridized carbons (Fsp3) is 0.350. The Morgan fingerprint density at radius 2 is 2.32 bits per heavy atom. The quantitative estimate of drug-likeness (QED) is 0.631. The number of nitrogens with one attached hydrogen (secondary N) is 2. The highest BCUT2D eigenvalue weighted by molar-refractivity contribution is 7.10. The molecule has 3 atom stereocenters. The molecule has 2 aliphatic rings. The highest BCUT2D eigenvalue weighted by Gasteiger charge is 2.38. The van der Waals surface area contributed by atoms with Crippen LogP contribution in [0.5, 0.6) is 0 Å². The molecular formula is C20H22N2O2S. The first kappa shape index (κ1) is 16.4. The summed E-state index contributed by atoms with van der Waals surface area (Å²) in [4.78, 5) is 13.7. The number of fused-ring (bicyclic) bond motifs is 3. The summed E-state index contributed by atoms with van der Waals surface area (Å²) in [6.45, 7) is 1.05. The molecule has 0 radical (unpaired) electrons. The molecule has 1 aliphatic heterocycles. The molecule has 130 valence electrons. The van der Waals surface area contributed by atoms with Crippen LogP contribution in [0.15, 0.2) is 47.9 Å². The van der Waals surface area contributed by atoms with Gasteiger partial charge in [0, 0.05) is 35.7 Å². The van der Waals surface area contributed by atoms with Crippen LogP contribution in [0.25, 0.3) is 0 Å². The summed E-state index contributed by atoms with van der Waals surface area (Å²) in [5.74, 6) is 0.840. The largest absolute Gasteiger partial charge is 0.383 e. The Kier molecular flexibility index (Phi) is 4.59. The van der Waals surface area contributed by atoms with E-state index in [9.17, 15) is 4.79 Å². The van der Waals surface area contributed by atoms with Crippen LogP contribution in [-0.2, 0) is 4.74 Å². The Labute approximate surface area is 151 Å². The van der Waals surface area contributed by atoms with E-state index in [-0.39, 0.29) is 5.91 Å². The van der Waals surface area contributed by atoms with E-state index in [1.165, 1.54) is 10.4 Å². The smallest absolute Gasteiger partial charge is 0.251 e. The number of hydrogen-bond acceptors (Lipinski definition) is 4. The average molecular weight is 354 g/mol. The third-order valence-electron chi connectivity index (χ3n) is 5.07. The Morgan fingerprint density at radius 1 is 1.40 bits per heavy atom. The minimum Gasteiger partial charge on any atom is -0.383 e. The topological polar surface area (TPSA) is 50.4 Å². The summed E-state index contributed by atoms with van der Waals surface area (Å²) in [5.41, 5.74) is 3.08. The number of carbonyl (C=O) groups is 1. The second-order valence-electron chi connectivity index (χ2n) is 6.54. The second kappa shape index (κ2) is 7.02. The molecule has 5 heteroatoms. The lowest BCUT2D eigenvalue weighted by Crippen LogP contribution is -2.30. The van der Waals surface area contributed by atoms with Gasteiger partial charge in [0.05, 0.1) is 12.6 Å². The van der Waals surface area contributed by atoms with Gasteiger partial charge in [-0.25, -0.2) is 0 Å². The molecule has 2 N–H and O–H groups in total. The summed E-state index contributed by atoms with van der Waals surface area (Å²) < 4.78 is 4.99. The normalized spacial score (nSPS) is 23.6. The van der Waals surface area contributed by atoms with Gasteiger partial charge in [-0.3, -0.25) is 4.79 Å². The van der Waals surface area contributed by atoms with Crippen molar-refractivity contribution in [2.75, 3.05) is 25.6 Å². The van der Waals surface area contributed by atoms with Gasteiger partial charge >= 0.3 is 0 Å². The minimum atomic E-state index is -0.0428. The standard InChI is InChI=1S/C20H22N2O2S/c1-24-10-9-21-20(23)13-7-8-17-16(12-13)14-4-2-5-15(14)19(22-17)18-6-3-11-25-18/h2-4,6-8,11-12,14-15,19,22H,5,9-10H2,1H3,(H,21,23). The molecule has 0 bridgehead atoms. The molecule has 0 saturated heterocycles. The molecule has 4 rings (SSSR count). The zero-order chi connectivity index (χ0) is 17.2. The van der Waals surface area contributed by atoms with E-state index >= 15 is 0 Å². The summed E-state index contributed by atoms with van der Waals surface area (Å²) >= 11 is 1.81. The van der Waals surface area contributed by atoms with Crippen LogP contribution in [0.3, 0.4) is 0 Å². The number of ether oxygens (including phenoxy) is 1. The Bertz CT molecular complexity index is 785. The third kappa shape index (κ3) is 3.10. The van der Waals surface area contributed by atoms with Gasteiger partial charge in [-0.05, 0) is 47.5 Å². The molecule has 1 amide bonds. The van der Waals surface area contributed by atoms with Crippen molar-refractivity contribution >= 4 is 22.9 Å². The van der Waals surface area contributed by atoms with Crippen molar-refractivity contribution in [1.29, 1.82) is 0 Å². The number of benzene rings is 1. The molecular weight excluding hydrogens is 332 g/mol. The van der Waals surface area contributed by atoms with Gasteiger partial charge in [0.1, 0.15) is 0 Å². The van der Waals surface area contributed by atoms with Crippen LogP contribution in [-0.4, -0.2) is 26.2 Å². The summed E-state index contributed by atoms with van der Waals surface area (Å²) in [6.07, 6.45) is 5.65. The molecule has 0 saturated carbocycles. The second-order valence-corrected chi connectivity index (χ2v) is 7.52. The van der Waals surface area contributed by atoms with Gasteiger partial charge in [-0.15, -0.1) is 11.3 Å². The van der Waals surface area contributed by atoms with Gasteiger partial charge < -0.3 is 15.4 Å². The third-order valence-corrected chi connectivity index (χ3v) is 6.02. The van der Waals surface area contributed by atoms with Gasteiger partial charge in [0.2, 0.25) is 0 Å². The van der Waals surface area contributed by atoms with Crippen LogP contribution in [0, 0.1) is 5.92 Å². The molecule has 0 fully saturated rings. The van der Waals surface area contributed by atoms with Crippen molar-refractivity contribution in [2.24, 2.45) is 5.92 Å². The number of carbonyl (C=O) groups excluding carboxylic acids is 1.